The van der Waals surface area contributed by atoms with Gasteiger partial charge in [0, 0.05) is 10.5 Å². The van der Waals surface area contributed by atoms with E-state index in [0.717, 1.165) is 16.5 Å². The Labute approximate surface area is 133 Å². The lowest BCUT2D eigenvalue weighted by Crippen LogP contribution is -2.31. The normalized spacial score (nSPS) is 13.8. The Balaban J connectivity index is 2.31. The van der Waals surface area contributed by atoms with Gasteiger partial charge >= 0.3 is 0 Å². The van der Waals surface area contributed by atoms with Crippen molar-refractivity contribution in [3.8, 4) is 5.75 Å². The van der Waals surface area contributed by atoms with Gasteiger partial charge in [-0.15, -0.1) is 0 Å². The molecule has 2 unspecified atom stereocenters. The number of ether oxygens (including phenoxy) is 1. The molecule has 0 bridgehead atoms. The highest BCUT2D eigenvalue weighted by molar-refractivity contribution is 9.10. The summed E-state index contributed by atoms with van der Waals surface area (Å²) in [5.41, 5.74) is 7.25. The Morgan fingerprint density at radius 1 is 1.20 bits per heavy atom. The molecule has 0 saturated carbocycles. The van der Waals surface area contributed by atoms with Crippen LogP contribution in [0.5, 0.6) is 5.75 Å². The van der Waals surface area contributed by atoms with Crippen molar-refractivity contribution in [1.82, 2.24) is 0 Å². The molecule has 2 aromatic rings. The standard InChI is InChI=1S/C16H17BrClNO/c1-2-14(19)16(11-6-5-7-12(17)10-11)20-15-9-4-3-8-13(15)18/h3-10,14,16H,2,19H2,1H3. The molecule has 0 saturated heterocycles. The number of benzene rings is 2. The van der Waals surface area contributed by atoms with Crippen LogP contribution >= 0.6 is 27.5 Å². The lowest BCUT2D eigenvalue weighted by molar-refractivity contribution is 0.171. The van der Waals surface area contributed by atoms with Crippen molar-refractivity contribution in [2.24, 2.45) is 5.73 Å². The van der Waals surface area contributed by atoms with Crippen LogP contribution in [0.25, 0.3) is 0 Å². The molecule has 0 fully saturated rings. The molecule has 106 valence electrons. The molecular formula is C16H17BrClNO. The van der Waals surface area contributed by atoms with Gasteiger partial charge < -0.3 is 10.5 Å². The van der Waals surface area contributed by atoms with Gasteiger partial charge in [0.25, 0.3) is 0 Å². The molecular weight excluding hydrogens is 338 g/mol. The quantitative estimate of drug-likeness (QED) is 0.823. The number of hydrogen-bond acceptors (Lipinski definition) is 2. The first-order chi connectivity index (χ1) is 9.61. The highest BCUT2D eigenvalue weighted by Crippen LogP contribution is 2.31. The second-order valence-corrected chi connectivity index (χ2v) is 5.92. The third-order valence-corrected chi connectivity index (χ3v) is 3.93. The summed E-state index contributed by atoms with van der Waals surface area (Å²) in [6.07, 6.45) is 0.596. The summed E-state index contributed by atoms with van der Waals surface area (Å²) in [6.45, 7) is 2.05. The second kappa shape index (κ2) is 7.11. The van der Waals surface area contributed by atoms with E-state index in [2.05, 4.69) is 15.9 Å². The summed E-state index contributed by atoms with van der Waals surface area (Å²) in [5, 5.41) is 0.593. The second-order valence-electron chi connectivity index (χ2n) is 4.60. The number of hydrogen-bond donors (Lipinski definition) is 1. The molecule has 0 aliphatic heterocycles. The van der Waals surface area contributed by atoms with Crippen LogP contribution < -0.4 is 10.5 Å². The maximum absolute atomic E-state index is 6.21. The molecule has 2 nitrogen and oxygen atoms in total. The van der Waals surface area contributed by atoms with Crippen LogP contribution in [0.3, 0.4) is 0 Å². The Kier molecular flexibility index (Phi) is 5.46. The van der Waals surface area contributed by atoms with Crippen molar-refractivity contribution in [2.45, 2.75) is 25.5 Å². The third kappa shape index (κ3) is 3.75. The smallest absolute Gasteiger partial charge is 0.139 e. The Morgan fingerprint density at radius 2 is 1.95 bits per heavy atom. The Bertz CT molecular complexity index is 576. The molecule has 0 heterocycles. The molecule has 0 radical (unpaired) electrons. The highest BCUT2D eigenvalue weighted by Gasteiger charge is 2.21. The Morgan fingerprint density at radius 3 is 2.60 bits per heavy atom. The van der Waals surface area contributed by atoms with Gasteiger partial charge in [-0.1, -0.05) is 58.7 Å². The van der Waals surface area contributed by atoms with Gasteiger partial charge in [-0.05, 0) is 36.2 Å². The minimum absolute atomic E-state index is 0.0967. The maximum Gasteiger partial charge on any atom is 0.139 e. The van der Waals surface area contributed by atoms with E-state index in [0.29, 0.717) is 10.8 Å². The van der Waals surface area contributed by atoms with Gasteiger partial charge in [-0.2, -0.15) is 0 Å². The molecule has 2 aromatic carbocycles. The van der Waals surface area contributed by atoms with Crippen LogP contribution in [0.2, 0.25) is 5.02 Å². The fourth-order valence-corrected chi connectivity index (χ4v) is 2.57. The van der Waals surface area contributed by atoms with Gasteiger partial charge in [-0.3, -0.25) is 0 Å². The van der Waals surface area contributed by atoms with Crippen molar-refractivity contribution in [3.05, 3.63) is 63.6 Å². The van der Waals surface area contributed by atoms with E-state index < -0.39 is 0 Å². The van der Waals surface area contributed by atoms with Crippen molar-refractivity contribution in [1.29, 1.82) is 0 Å². The van der Waals surface area contributed by atoms with Crippen molar-refractivity contribution in [2.75, 3.05) is 0 Å². The minimum atomic E-state index is -0.225. The zero-order chi connectivity index (χ0) is 14.5. The summed E-state index contributed by atoms with van der Waals surface area (Å²) in [6, 6.07) is 15.3. The van der Waals surface area contributed by atoms with E-state index in [4.69, 9.17) is 22.1 Å². The molecule has 0 amide bonds. The first-order valence-electron chi connectivity index (χ1n) is 6.54. The first-order valence-corrected chi connectivity index (χ1v) is 7.71. The molecule has 0 aromatic heterocycles. The van der Waals surface area contributed by atoms with E-state index in [9.17, 15) is 0 Å². The lowest BCUT2D eigenvalue weighted by atomic mass is 10.0. The largest absolute Gasteiger partial charge is 0.483 e. The predicted molar refractivity (Wildman–Crippen MR) is 87.2 cm³/mol. The SMILES string of the molecule is CCC(N)C(Oc1ccccc1Cl)c1cccc(Br)c1. The van der Waals surface area contributed by atoms with Gasteiger partial charge in [0.2, 0.25) is 0 Å². The van der Waals surface area contributed by atoms with Crippen LogP contribution in [0.15, 0.2) is 53.0 Å². The number of nitrogens with two attached hydrogens (primary N) is 1. The zero-order valence-corrected chi connectivity index (χ0v) is 13.6. The lowest BCUT2D eigenvalue weighted by Gasteiger charge is -2.25. The van der Waals surface area contributed by atoms with E-state index in [-0.39, 0.29) is 12.1 Å². The molecule has 2 rings (SSSR count). The van der Waals surface area contributed by atoms with E-state index in [1.807, 2.05) is 55.5 Å². The molecule has 0 aliphatic rings. The summed E-state index contributed by atoms with van der Waals surface area (Å²) >= 11 is 9.64. The summed E-state index contributed by atoms with van der Waals surface area (Å²) in [7, 11) is 0. The van der Waals surface area contributed by atoms with Crippen LogP contribution in [-0.4, -0.2) is 6.04 Å². The third-order valence-electron chi connectivity index (χ3n) is 3.13. The highest BCUT2D eigenvalue weighted by atomic mass is 79.9. The zero-order valence-electron chi connectivity index (χ0n) is 11.2. The fraction of sp³-hybridized carbons (Fsp3) is 0.250. The molecule has 2 N–H and O–H groups in total. The van der Waals surface area contributed by atoms with E-state index in [1.54, 1.807) is 0 Å². The molecule has 0 spiro atoms. The summed E-state index contributed by atoms with van der Waals surface area (Å²) in [5.74, 6) is 0.656. The van der Waals surface area contributed by atoms with E-state index in [1.165, 1.54) is 0 Å². The minimum Gasteiger partial charge on any atom is -0.483 e. The van der Waals surface area contributed by atoms with Crippen molar-refractivity contribution >= 4 is 27.5 Å². The van der Waals surface area contributed by atoms with Crippen LogP contribution in [0.1, 0.15) is 25.0 Å². The number of para-hydroxylation sites is 1. The van der Waals surface area contributed by atoms with Crippen LogP contribution in [0.4, 0.5) is 0 Å². The fourth-order valence-electron chi connectivity index (χ4n) is 1.98. The molecule has 2 atom stereocenters. The predicted octanol–water partition coefficient (Wildman–Crippen LogP) is 4.96. The molecule has 20 heavy (non-hydrogen) atoms. The average Bonchev–Trinajstić information content (AvgIpc) is 2.45. The van der Waals surface area contributed by atoms with Gasteiger partial charge in [0.15, 0.2) is 0 Å². The topological polar surface area (TPSA) is 35.2 Å². The number of halogens is 2. The van der Waals surface area contributed by atoms with Gasteiger partial charge in [0.05, 0.1) is 5.02 Å². The van der Waals surface area contributed by atoms with Crippen LogP contribution in [-0.2, 0) is 0 Å². The van der Waals surface area contributed by atoms with Crippen molar-refractivity contribution < 1.29 is 4.74 Å². The maximum atomic E-state index is 6.21. The summed E-state index contributed by atoms with van der Waals surface area (Å²) in [4.78, 5) is 0. The summed E-state index contributed by atoms with van der Waals surface area (Å²) < 4.78 is 7.07. The van der Waals surface area contributed by atoms with Crippen LogP contribution in [0, 0.1) is 0 Å². The van der Waals surface area contributed by atoms with Gasteiger partial charge in [-0.25, -0.2) is 0 Å². The first kappa shape index (κ1) is 15.4. The Hall–Kier alpha value is -1.03. The van der Waals surface area contributed by atoms with E-state index >= 15 is 0 Å². The molecule has 4 heteroatoms. The monoisotopic (exact) mass is 353 g/mol. The molecule has 0 aliphatic carbocycles. The average molecular weight is 355 g/mol. The van der Waals surface area contributed by atoms with Gasteiger partial charge in [0.1, 0.15) is 11.9 Å². The number of rotatable bonds is 5. The van der Waals surface area contributed by atoms with Crippen molar-refractivity contribution in [3.63, 3.8) is 0 Å².